The molecule has 80 valence electrons. The summed E-state index contributed by atoms with van der Waals surface area (Å²) in [4.78, 5) is 9.45. The summed E-state index contributed by atoms with van der Waals surface area (Å²) < 4.78 is 23.9. The van der Waals surface area contributed by atoms with Crippen molar-refractivity contribution in [2.45, 2.75) is 0 Å². The van der Waals surface area contributed by atoms with Crippen LogP contribution in [0.15, 0.2) is 24.3 Å². The van der Waals surface area contributed by atoms with Crippen molar-refractivity contribution in [3.63, 3.8) is 0 Å². The molecule has 2 nitrogen and oxygen atoms in total. The maximum atomic E-state index is 11.9. The molecule has 0 saturated heterocycles. The van der Waals surface area contributed by atoms with Crippen LogP contribution in [0.1, 0.15) is 0 Å². The van der Waals surface area contributed by atoms with Gasteiger partial charge in [0.05, 0.1) is 5.88 Å². The van der Waals surface area contributed by atoms with Gasteiger partial charge in [0.1, 0.15) is 11.6 Å². The largest absolute Gasteiger partial charge is 0.412 e. The van der Waals surface area contributed by atoms with Crippen molar-refractivity contribution < 1.29 is 19.1 Å². The molecular formula is C8H8Cl2F2O2. The minimum atomic E-state index is -0.537. The summed E-state index contributed by atoms with van der Waals surface area (Å²) in [6, 6.07) is 4.55. The fourth-order valence-corrected chi connectivity index (χ4v) is 0.460. The average molecular weight is 245 g/mol. The van der Waals surface area contributed by atoms with Crippen LogP contribution in [0.3, 0.4) is 0 Å². The van der Waals surface area contributed by atoms with Crippen LogP contribution in [0.5, 0.6) is 0 Å². The van der Waals surface area contributed by atoms with Crippen LogP contribution in [0.4, 0.5) is 8.78 Å². The molecule has 0 aliphatic rings. The smallest absolute Gasteiger partial charge is 0.236 e. The van der Waals surface area contributed by atoms with Crippen molar-refractivity contribution in [2.24, 2.45) is 0 Å². The highest BCUT2D eigenvalue weighted by Gasteiger charge is 1.88. The van der Waals surface area contributed by atoms with Crippen LogP contribution in [0, 0.1) is 11.6 Å². The summed E-state index contributed by atoms with van der Waals surface area (Å²) in [6.07, 6.45) is 0. The number of halogens is 4. The van der Waals surface area contributed by atoms with Crippen LogP contribution >= 0.6 is 23.2 Å². The summed E-state index contributed by atoms with van der Waals surface area (Å²) in [7, 11) is 0. The Hall–Kier alpha value is -0.710. The van der Waals surface area contributed by atoms with E-state index in [0.29, 0.717) is 0 Å². The third-order valence-electron chi connectivity index (χ3n) is 0.892. The fourth-order valence-electron chi connectivity index (χ4n) is 0.460. The summed E-state index contributed by atoms with van der Waals surface area (Å²) in [6.45, 7) is 0. The van der Waals surface area contributed by atoms with E-state index < -0.39 is 16.9 Å². The predicted octanol–water partition coefficient (Wildman–Crippen LogP) is 2.13. The zero-order chi connectivity index (χ0) is 10.3. The Balaban J connectivity index is 0. The number of rotatable bonds is 1. The van der Waals surface area contributed by atoms with E-state index in [1.165, 1.54) is 18.2 Å². The van der Waals surface area contributed by atoms with Crippen LogP contribution in [0.2, 0.25) is 0 Å². The zero-order valence-electron chi connectivity index (χ0n) is 6.94. The van der Waals surface area contributed by atoms with Gasteiger partial charge in [0.2, 0.25) is 5.24 Å². The maximum absolute atomic E-state index is 11.9. The Morgan fingerprint density at radius 3 is 1.79 bits per heavy atom. The Morgan fingerprint density at radius 1 is 1.29 bits per heavy atom. The Labute approximate surface area is 89.7 Å². The van der Waals surface area contributed by atoms with Crippen molar-refractivity contribution in [1.29, 1.82) is 0 Å². The highest BCUT2D eigenvalue weighted by Crippen LogP contribution is 1.99. The van der Waals surface area contributed by atoms with E-state index in [9.17, 15) is 13.6 Å². The monoisotopic (exact) mass is 244 g/mol. The molecule has 6 heteroatoms. The molecule has 0 aromatic heterocycles. The van der Waals surface area contributed by atoms with E-state index in [2.05, 4.69) is 0 Å². The molecule has 0 bridgehead atoms. The van der Waals surface area contributed by atoms with Crippen molar-refractivity contribution in [3.8, 4) is 0 Å². The number of alkyl halides is 1. The van der Waals surface area contributed by atoms with Gasteiger partial charge >= 0.3 is 0 Å². The number of hydrogen-bond donors (Lipinski definition) is 0. The van der Waals surface area contributed by atoms with Crippen molar-refractivity contribution in [2.75, 3.05) is 5.88 Å². The van der Waals surface area contributed by atoms with E-state index in [1.807, 2.05) is 0 Å². The molecule has 0 radical (unpaired) electrons. The third kappa shape index (κ3) is 9.38. The summed E-state index contributed by atoms with van der Waals surface area (Å²) in [5.41, 5.74) is 0. The fraction of sp³-hybridized carbons (Fsp3) is 0.125. The first kappa shape index (κ1) is 15.7. The SMILES string of the molecule is Fc1cccc(F)c1.O.O=C(Cl)CCl. The van der Waals surface area contributed by atoms with Gasteiger partial charge in [-0.05, 0) is 23.7 Å². The molecular weight excluding hydrogens is 237 g/mol. The van der Waals surface area contributed by atoms with E-state index in [-0.39, 0.29) is 11.4 Å². The van der Waals surface area contributed by atoms with E-state index in [4.69, 9.17) is 23.2 Å². The first-order chi connectivity index (χ1) is 6.06. The normalized spacial score (nSPS) is 8.00. The molecule has 0 unspecified atom stereocenters. The lowest BCUT2D eigenvalue weighted by Gasteiger charge is -1.84. The Bertz CT molecular complexity index is 265. The topological polar surface area (TPSA) is 48.6 Å². The average Bonchev–Trinajstić information content (AvgIpc) is 2.05. The molecule has 1 aromatic rings. The minimum absolute atomic E-state index is 0. The third-order valence-corrected chi connectivity index (χ3v) is 1.40. The lowest BCUT2D eigenvalue weighted by atomic mass is 10.3. The second kappa shape index (κ2) is 8.87. The molecule has 0 fully saturated rings. The molecule has 0 saturated carbocycles. The molecule has 2 N–H and O–H groups in total. The van der Waals surface area contributed by atoms with Crippen molar-refractivity contribution in [3.05, 3.63) is 35.9 Å². The van der Waals surface area contributed by atoms with Gasteiger partial charge < -0.3 is 5.48 Å². The molecule has 1 rings (SSSR count). The standard InChI is InChI=1S/C6H4F2.C2H2Cl2O.H2O/c7-5-2-1-3-6(8)4-5;3-1-2(4)5;/h1-4H;1H2;1H2. The van der Waals surface area contributed by atoms with E-state index >= 15 is 0 Å². The second-order valence-electron chi connectivity index (χ2n) is 1.93. The first-order valence-corrected chi connectivity index (χ1v) is 4.13. The zero-order valence-corrected chi connectivity index (χ0v) is 8.45. The van der Waals surface area contributed by atoms with Crippen LogP contribution < -0.4 is 0 Å². The molecule has 14 heavy (non-hydrogen) atoms. The summed E-state index contributed by atoms with van der Waals surface area (Å²) >= 11 is 9.55. The number of hydrogen-bond acceptors (Lipinski definition) is 1. The number of carbonyl (C=O) groups is 1. The lowest BCUT2D eigenvalue weighted by molar-refractivity contribution is -0.109. The van der Waals surface area contributed by atoms with Crippen molar-refractivity contribution in [1.82, 2.24) is 0 Å². The maximum Gasteiger partial charge on any atom is 0.236 e. The molecule has 0 aliphatic carbocycles. The van der Waals surface area contributed by atoms with Crippen LogP contribution in [0.25, 0.3) is 0 Å². The quantitative estimate of drug-likeness (QED) is 0.552. The highest BCUT2D eigenvalue weighted by molar-refractivity contribution is 6.67. The Morgan fingerprint density at radius 2 is 1.64 bits per heavy atom. The number of benzene rings is 1. The van der Waals surface area contributed by atoms with Gasteiger partial charge in [0.25, 0.3) is 0 Å². The van der Waals surface area contributed by atoms with Gasteiger partial charge in [-0.2, -0.15) is 0 Å². The van der Waals surface area contributed by atoms with E-state index in [0.717, 1.165) is 6.07 Å². The minimum Gasteiger partial charge on any atom is -0.412 e. The molecule has 0 atom stereocenters. The van der Waals surface area contributed by atoms with Crippen molar-refractivity contribution >= 4 is 28.4 Å². The van der Waals surface area contributed by atoms with Gasteiger partial charge in [-0.3, -0.25) is 4.79 Å². The van der Waals surface area contributed by atoms with Gasteiger partial charge in [-0.25, -0.2) is 8.78 Å². The lowest BCUT2D eigenvalue weighted by Crippen LogP contribution is -1.81. The van der Waals surface area contributed by atoms with Gasteiger partial charge in [-0.1, -0.05) is 6.07 Å². The van der Waals surface area contributed by atoms with Gasteiger partial charge in [0, 0.05) is 6.07 Å². The molecule has 0 amide bonds. The summed E-state index contributed by atoms with van der Waals surface area (Å²) in [5.74, 6) is -1.17. The summed E-state index contributed by atoms with van der Waals surface area (Å²) in [5, 5.41) is -0.508. The van der Waals surface area contributed by atoms with Crippen LogP contribution in [-0.4, -0.2) is 16.6 Å². The van der Waals surface area contributed by atoms with E-state index in [1.54, 1.807) is 0 Å². The highest BCUT2D eigenvalue weighted by atomic mass is 35.5. The van der Waals surface area contributed by atoms with Crippen LogP contribution in [-0.2, 0) is 4.79 Å². The predicted molar refractivity (Wildman–Crippen MR) is 51.6 cm³/mol. The van der Waals surface area contributed by atoms with Gasteiger partial charge in [-0.15, -0.1) is 11.6 Å². The number of carbonyl (C=O) groups excluding carboxylic acids is 1. The molecule has 1 aromatic carbocycles. The molecule has 0 heterocycles. The second-order valence-corrected chi connectivity index (χ2v) is 2.62. The first-order valence-electron chi connectivity index (χ1n) is 3.21. The Kier molecular flexibility index (Phi) is 9.98. The molecule has 0 aliphatic heterocycles. The van der Waals surface area contributed by atoms with Gasteiger partial charge in [0.15, 0.2) is 0 Å². The molecule has 0 spiro atoms.